The minimum atomic E-state index is 0.568. The summed E-state index contributed by atoms with van der Waals surface area (Å²) in [5.74, 6) is 0.568. The molecule has 0 fully saturated rings. The van der Waals surface area contributed by atoms with Gasteiger partial charge in [-0.2, -0.15) is 5.26 Å². The van der Waals surface area contributed by atoms with E-state index in [2.05, 4.69) is 26.0 Å². The average Bonchev–Trinajstić information content (AvgIpc) is 2.06. The minimum absolute atomic E-state index is 0.568. The van der Waals surface area contributed by atoms with E-state index in [1.807, 2.05) is 19.1 Å². The van der Waals surface area contributed by atoms with Crippen molar-refractivity contribution in [1.82, 2.24) is 0 Å². The lowest BCUT2D eigenvalue weighted by Crippen LogP contribution is -1.84. The van der Waals surface area contributed by atoms with Gasteiger partial charge in [0, 0.05) is 5.57 Å². The van der Waals surface area contributed by atoms with Crippen molar-refractivity contribution in [2.45, 2.75) is 27.2 Å². The van der Waals surface area contributed by atoms with Gasteiger partial charge >= 0.3 is 0 Å². The molecule has 1 heteroatoms. The van der Waals surface area contributed by atoms with Crippen molar-refractivity contribution in [2.75, 3.05) is 0 Å². The summed E-state index contributed by atoms with van der Waals surface area (Å²) in [6.45, 7) is 6.15. The van der Waals surface area contributed by atoms with Gasteiger partial charge in [0.05, 0.1) is 6.07 Å². The van der Waals surface area contributed by atoms with Gasteiger partial charge in [0.15, 0.2) is 0 Å². The van der Waals surface area contributed by atoms with Crippen LogP contribution in [0, 0.1) is 17.2 Å². The first kappa shape index (κ1) is 9.97. The number of hydrogen-bond acceptors (Lipinski definition) is 1. The molecule has 0 amide bonds. The molecule has 11 heavy (non-hydrogen) atoms. The Bertz CT molecular complexity index is 193. The molecular formula is C10H15N. The molecule has 0 N–H and O–H groups in total. The summed E-state index contributed by atoms with van der Waals surface area (Å²) in [4.78, 5) is 0. The summed E-state index contributed by atoms with van der Waals surface area (Å²) >= 11 is 0. The maximum Gasteiger partial charge on any atom is 0.0987 e. The molecule has 0 radical (unpaired) electrons. The van der Waals surface area contributed by atoms with Gasteiger partial charge in [-0.05, 0) is 18.9 Å². The Morgan fingerprint density at radius 1 is 1.64 bits per heavy atom. The summed E-state index contributed by atoms with van der Waals surface area (Å²) in [7, 11) is 0. The fourth-order valence-corrected chi connectivity index (χ4v) is 0.602. The first-order valence-corrected chi connectivity index (χ1v) is 3.99. The molecule has 1 unspecified atom stereocenters. The van der Waals surface area contributed by atoms with Crippen LogP contribution in [0.3, 0.4) is 0 Å². The largest absolute Gasteiger partial charge is 0.192 e. The van der Waals surface area contributed by atoms with Crippen molar-refractivity contribution in [3.05, 3.63) is 23.8 Å². The van der Waals surface area contributed by atoms with Crippen LogP contribution in [0.1, 0.15) is 27.2 Å². The molecule has 60 valence electrons. The van der Waals surface area contributed by atoms with Gasteiger partial charge in [-0.1, -0.05) is 32.4 Å². The molecule has 0 aromatic heterocycles. The number of nitrogens with zero attached hydrogens (tertiary/aromatic N) is 1. The van der Waals surface area contributed by atoms with Gasteiger partial charge in [0.1, 0.15) is 0 Å². The number of allylic oxidation sites excluding steroid dienone is 4. The Kier molecular flexibility index (Phi) is 5.20. The van der Waals surface area contributed by atoms with Crippen LogP contribution in [0.4, 0.5) is 0 Å². The molecule has 0 bridgehead atoms. The van der Waals surface area contributed by atoms with Crippen LogP contribution in [0.2, 0.25) is 0 Å². The summed E-state index contributed by atoms with van der Waals surface area (Å²) < 4.78 is 0. The lowest BCUT2D eigenvalue weighted by atomic mass is 10.1. The zero-order valence-electron chi connectivity index (χ0n) is 7.46. The van der Waals surface area contributed by atoms with Crippen LogP contribution in [0.25, 0.3) is 0 Å². The summed E-state index contributed by atoms with van der Waals surface area (Å²) in [6.07, 6.45) is 6.89. The molecule has 0 aromatic carbocycles. The first-order chi connectivity index (χ1) is 5.24. The molecule has 0 heterocycles. The number of hydrogen-bond donors (Lipinski definition) is 0. The molecule has 1 nitrogen and oxygen atoms in total. The second-order valence-electron chi connectivity index (χ2n) is 2.60. The van der Waals surface area contributed by atoms with Crippen molar-refractivity contribution in [3.8, 4) is 6.07 Å². The van der Waals surface area contributed by atoms with Crippen molar-refractivity contribution < 1.29 is 0 Å². The lowest BCUT2D eigenvalue weighted by molar-refractivity contribution is 0.698. The highest BCUT2D eigenvalue weighted by atomic mass is 14.2. The summed E-state index contributed by atoms with van der Waals surface area (Å²) in [5.41, 5.74) is 0.741. The molecular weight excluding hydrogens is 134 g/mol. The van der Waals surface area contributed by atoms with Gasteiger partial charge in [0.2, 0.25) is 0 Å². The SMILES string of the molecule is C/C=C(C#N)\C=C/C(C)CC. The fraction of sp³-hybridized carbons (Fsp3) is 0.500. The smallest absolute Gasteiger partial charge is 0.0987 e. The predicted molar refractivity (Wildman–Crippen MR) is 48.0 cm³/mol. The van der Waals surface area contributed by atoms with Gasteiger partial charge in [-0.3, -0.25) is 0 Å². The zero-order valence-corrected chi connectivity index (χ0v) is 7.46. The first-order valence-electron chi connectivity index (χ1n) is 3.99. The maximum absolute atomic E-state index is 8.54. The quantitative estimate of drug-likeness (QED) is 0.447. The van der Waals surface area contributed by atoms with Gasteiger partial charge < -0.3 is 0 Å². The normalized spacial score (nSPS) is 14.9. The highest BCUT2D eigenvalue weighted by Crippen LogP contribution is 2.04. The third-order valence-corrected chi connectivity index (χ3v) is 1.69. The summed E-state index contributed by atoms with van der Waals surface area (Å²) in [5, 5.41) is 8.54. The van der Waals surface area contributed by atoms with Crippen LogP contribution in [-0.4, -0.2) is 0 Å². The number of nitriles is 1. The minimum Gasteiger partial charge on any atom is -0.192 e. The Hall–Kier alpha value is -1.03. The van der Waals surface area contributed by atoms with E-state index in [0.29, 0.717) is 5.92 Å². The molecule has 0 aromatic rings. The van der Waals surface area contributed by atoms with E-state index in [1.165, 1.54) is 0 Å². The van der Waals surface area contributed by atoms with Crippen LogP contribution in [0.15, 0.2) is 23.8 Å². The van der Waals surface area contributed by atoms with Gasteiger partial charge in [-0.15, -0.1) is 0 Å². The Labute approximate surface area is 69.0 Å². The predicted octanol–water partition coefficient (Wildman–Crippen LogP) is 3.06. The third kappa shape index (κ3) is 4.38. The lowest BCUT2D eigenvalue weighted by Gasteiger charge is -1.97. The average molecular weight is 149 g/mol. The van der Waals surface area contributed by atoms with E-state index in [1.54, 1.807) is 0 Å². The second kappa shape index (κ2) is 5.73. The van der Waals surface area contributed by atoms with E-state index < -0.39 is 0 Å². The van der Waals surface area contributed by atoms with E-state index in [-0.39, 0.29) is 0 Å². The van der Waals surface area contributed by atoms with E-state index in [9.17, 15) is 0 Å². The van der Waals surface area contributed by atoms with E-state index in [0.717, 1.165) is 12.0 Å². The van der Waals surface area contributed by atoms with Crippen molar-refractivity contribution in [2.24, 2.45) is 5.92 Å². The Balaban J connectivity index is 4.03. The van der Waals surface area contributed by atoms with Crippen LogP contribution < -0.4 is 0 Å². The van der Waals surface area contributed by atoms with Crippen LogP contribution in [0.5, 0.6) is 0 Å². The highest BCUT2D eigenvalue weighted by molar-refractivity contribution is 5.32. The van der Waals surface area contributed by atoms with Crippen molar-refractivity contribution in [3.63, 3.8) is 0 Å². The van der Waals surface area contributed by atoms with E-state index >= 15 is 0 Å². The van der Waals surface area contributed by atoms with Gasteiger partial charge in [-0.25, -0.2) is 0 Å². The summed E-state index contributed by atoms with van der Waals surface area (Å²) in [6, 6.07) is 2.11. The molecule has 0 aliphatic rings. The molecule has 0 saturated carbocycles. The maximum atomic E-state index is 8.54. The zero-order chi connectivity index (χ0) is 8.69. The molecule has 0 aliphatic carbocycles. The standard InChI is InChI=1S/C10H15N/c1-4-9(3)6-7-10(5-2)8-11/h5-7,9H,4H2,1-3H3/b7-6-,10-5+. The van der Waals surface area contributed by atoms with Crippen molar-refractivity contribution in [1.29, 1.82) is 5.26 Å². The van der Waals surface area contributed by atoms with Gasteiger partial charge in [0.25, 0.3) is 0 Å². The molecule has 1 atom stereocenters. The number of rotatable bonds is 3. The fourth-order valence-electron chi connectivity index (χ4n) is 0.602. The van der Waals surface area contributed by atoms with Crippen LogP contribution in [-0.2, 0) is 0 Å². The second-order valence-corrected chi connectivity index (χ2v) is 2.60. The third-order valence-electron chi connectivity index (χ3n) is 1.69. The molecule has 0 aliphatic heterocycles. The van der Waals surface area contributed by atoms with Crippen molar-refractivity contribution >= 4 is 0 Å². The molecule has 0 saturated heterocycles. The Morgan fingerprint density at radius 3 is 2.64 bits per heavy atom. The monoisotopic (exact) mass is 149 g/mol. The van der Waals surface area contributed by atoms with Crippen LogP contribution >= 0.6 is 0 Å². The van der Waals surface area contributed by atoms with E-state index in [4.69, 9.17) is 5.26 Å². The molecule has 0 spiro atoms. The molecule has 0 rings (SSSR count). The Morgan fingerprint density at radius 2 is 2.27 bits per heavy atom. The topological polar surface area (TPSA) is 23.8 Å². The highest BCUT2D eigenvalue weighted by Gasteiger charge is 1.91.